The average Bonchev–Trinajstić information content (AvgIpc) is 2.18. The summed E-state index contributed by atoms with van der Waals surface area (Å²) in [5, 5.41) is 4.08. The van der Waals surface area contributed by atoms with Crippen molar-refractivity contribution in [3.05, 3.63) is 35.6 Å². The lowest BCUT2D eigenvalue weighted by molar-refractivity contribution is 0.627. The zero-order chi connectivity index (χ0) is 11.3. The summed E-state index contributed by atoms with van der Waals surface area (Å²) in [6, 6.07) is 6.23. The van der Waals surface area contributed by atoms with Gasteiger partial charge in [0.1, 0.15) is 5.82 Å². The van der Waals surface area contributed by atoms with Crippen LogP contribution < -0.4 is 11.2 Å². The number of hydrogen-bond acceptors (Lipinski definition) is 2. The van der Waals surface area contributed by atoms with E-state index in [1.54, 1.807) is 12.1 Å². The smallest absolute Gasteiger partial charge is 0.184 e. The third-order valence-electron chi connectivity index (χ3n) is 1.79. The van der Waals surface area contributed by atoms with Gasteiger partial charge in [-0.25, -0.2) is 4.39 Å². The van der Waals surface area contributed by atoms with Crippen LogP contribution in [0.3, 0.4) is 0 Å². The van der Waals surface area contributed by atoms with E-state index in [0.29, 0.717) is 12.1 Å². The molecule has 1 aromatic rings. The van der Waals surface area contributed by atoms with Crippen LogP contribution in [0.2, 0.25) is 0 Å². The van der Waals surface area contributed by atoms with Crippen LogP contribution in [0.25, 0.3) is 0 Å². The van der Waals surface area contributed by atoms with Crippen LogP contribution in [0.15, 0.2) is 29.4 Å². The van der Waals surface area contributed by atoms with E-state index in [0.717, 1.165) is 5.56 Å². The fourth-order valence-electron chi connectivity index (χ4n) is 1.14. The maximum absolute atomic E-state index is 12.9. The highest BCUT2D eigenvalue weighted by molar-refractivity contribution is 7.80. The Hall–Kier alpha value is -1.49. The second-order valence-corrected chi connectivity index (χ2v) is 3.34. The van der Waals surface area contributed by atoms with E-state index in [9.17, 15) is 4.39 Å². The summed E-state index contributed by atoms with van der Waals surface area (Å²) < 4.78 is 12.9. The third kappa shape index (κ3) is 3.63. The van der Waals surface area contributed by atoms with E-state index in [1.165, 1.54) is 12.1 Å². The molecule has 0 saturated heterocycles. The molecule has 0 saturated carbocycles. The molecule has 0 spiro atoms. The first-order valence-corrected chi connectivity index (χ1v) is 4.92. The molecule has 0 radical (unpaired) electrons. The predicted molar refractivity (Wildman–Crippen MR) is 63.1 cm³/mol. The van der Waals surface area contributed by atoms with Crippen molar-refractivity contribution in [1.82, 2.24) is 5.43 Å². The second kappa shape index (κ2) is 5.41. The van der Waals surface area contributed by atoms with Gasteiger partial charge >= 0.3 is 0 Å². The second-order valence-electron chi connectivity index (χ2n) is 2.90. The van der Waals surface area contributed by atoms with Gasteiger partial charge in [-0.1, -0.05) is 19.1 Å². The average molecular weight is 225 g/mol. The number of rotatable bonds is 3. The minimum Gasteiger partial charge on any atom is -0.375 e. The number of benzene rings is 1. The maximum Gasteiger partial charge on any atom is 0.184 e. The predicted octanol–water partition coefficient (Wildman–Crippen LogP) is 1.77. The molecule has 0 unspecified atom stereocenters. The normalized spacial score (nSPS) is 11.2. The van der Waals surface area contributed by atoms with Crippen molar-refractivity contribution >= 4 is 23.0 Å². The number of halogens is 1. The van der Waals surface area contributed by atoms with Crippen molar-refractivity contribution < 1.29 is 4.39 Å². The van der Waals surface area contributed by atoms with Crippen molar-refractivity contribution in [2.24, 2.45) is 10.8 Å². The summed E-state index contributed by atoms with van der Waals surface area (Å²) in [5.74, 6) is -0.288. The van der Waals surface area contributed by atoms with Crippen LogP contribution in [0.4, 0.5) is 4.39 Å². The molecule has 0 aliphatic rings. The molecule has 0 aromatic heterocycles. The number of hydrazone groups is 1. The van der Waals surface area contributed by atoms with Gasteiger partial charge in [0.15, 0.2) is 5.11 Å². The van der Waals surface area contributed by atoms with Crippen molar-refractivity contribution in [3.8, 4) is 0 Å². The van der Waals surface area contributed by atoms with E-state index in [4.69, 9.17) is 5.73 Å². The van der Waals surface area contributed by atoms with Gasteiger partial charge in [-0.05, 0) is 30.8 Å². The van der Waals surface area contributed by atoms with Crippen LogP contribution in [0.5, 0.6) is 0 Å². The quantitative estimate of drug-likeness (QED) is 0.468. The zero-order valence-corrected chi connectivity index (χ0v) is 9.14. The molecule has 0 fully saturated rings. The largest absolute Gasteiger partial charge is 0.375 e. The molecule has 15 heavy (non-hydrogen) atoms. The number of thiocarbonyl (C=S) groups is 1. The van der Waals surface area contributed by atoms with E-state index in [2.05, 4.69) is 22.7 Å². The minimum atomic E-state index is -0.288. The standard InChI is InChI=1S/C10H12FN3S/c1-2-9(13-14-10(12)15)7-4-3-5-8(11)6-7/h3-6H,2H2,1H3,(H3,12,14,15)/b13-9+. The highest BCUT2D eigenvalue weighted by Crippen LogP contribution is 2.06. The molecule has 5 heteroatoms. The lowest BCUT2D eigenvalue weighted by Gasteiger charge is -2.04. The Morgan fingerprint density at radius 1 is 1.60 bits per heavy atom. The molecule has 0 aliphatic heterocycles. The third-order valence-corrected chi connectivity index (χ3v) is 1.89. The Morgan fingerprint density at radius 2 is 2.33 bits per heavy atom. The lowest BCUT2D eigenvalue weighted by atomic mass is 10.1. The van der Waals surface area contributed by atoms with Crippen LogP contribution in [0.1, 0.15) is 18.9 Å². The first-order valence-electron chi connectivity index (χ1n) is 4.51. The Balaban J connectivity index is 2.92. The fraction of sp³-hybridized carbons (Fsp3) is 0.200. The molecule has 1 rings (SSSR count). The Kier molecular flexibility index (Phi) is 4.17. The highest BCUT2D eigenvalue weighted by Gasteiger charge is 2.02. The van der Waals surface area contributed by atoms with Gasteiger partial charge in [-0.15, -0.1) is 0 Å². The highest BCUT2D eigenvalue weighted by atomic mass is 32.1. The number of nitrogens with one attached hydrogen (secondary N) is 1. The minimum absolute atomic E-state index is 0.0948. The van der Waals surface area contributed by atoms with Gasteiger partial charge in [0, 0.05) is 5.56 Å². The molecule has 0 bridgehead atoms. The van der Waals surface area contributed by atoms with E-state index in [1.807, 2.05) is 6.92 Å². The zero-order valence-electron chi connectivity index (χ0n) is 8.33. The summed E-state index contributed by atoms with van der Waals surface area (Å²) >= 11 is 4.62. The molecule has 0 aliphatic carbocycles. The van der Waals surface area contributed by atoms with Crippen molar-refractivity contribution in [1.29, 1.82) is 0 Å². The fourth-order valence-corrected chi connectivity index (χ4v) is 1.18. The number of hydrogen-bond donors (Lipinski definition) is 2. The van der Waals surface area contributed by atoms with Gasteiger partial charge in [-0.3, -0.25) is 5.43 Å². The van der Waals surface area contributed by atoms with Crippen LogP contribution in [0, 0.1) is 5.82 Å². The van der Waals surface area contributed by atoms with Gasteiger partial charge in [0.2, 0.25) is 0 Å². The molecule has 3 nitrogen and oxygen atoms in total. The van der Waals surface area contributed by atoms with Gasteiger partial charge < -0.3 is 5.73 Å². The van der Waals surface area contributed by atoms with Gasteiger partial charge in [0.25, 0.3) is 0 Å². The summed E-state index contributed by atoms with van der Waals surface area (Å²) in [7, 11) is 0. The number of nitrogens with zero attached hydrogens (tertiary/aromatic N) is 1. The molecule has 1 aromatic carbocycles. The molecular formula is C10H12FN3S. The molecule has 0 amide bonds. The Labute approximate surface area is 93.2 Å². The van der Waals surface area contributed by atoms with E-state index < -0.39 is 0 Å². The SMILES string of the molecule is CC/C(=N\NC(N)=S)c1cccc(F)c1. The molecule has 0 heterocycles. The van der Waals surface area contributed by atoms with Crippen LogP contribution >= 0.6 is 12.2 Å². The van der Waals surface area contributed by atoms with Crippen LogP contribution in [-0.2, 0) is 0 Å². The Bertz CT molecular complexity index is 390. The molecular weight excluding hydrogens is 213 g/mol. The lowest BCUT2D eigenvalue weighted by Crippen LogP contribution is -2.25. The summed E-state index contributed by atoms with van der Waals surface area (Å²) in [4.78, 5) is 0. The van der Waals surface area contributed by atoms with E-state index >= 15 is 0 Å². The summed E-state index contributed by atoms with van der Waals surface area (Å²) in [5.41, 5.74) is 9.17. The summed E-state index contributed by atoms with van der Waals surface area (Å²) in [6.07, 6.45) is 0.666. The first kappa shape index (κ1) is 11.6. The monoisotopic (exact) mass is 225 g/mol. The molecule has 80 valence electrons. The van der Waals surface area contributed by atoms with Crippen LogP contribution in [-0.4, -0.2) is 10.8 Å². The first-order chi connectivity index (χ1) is 7.13. The topological polar surface area (TPSA) is 50.4 Å². The molecule has 3 N–H and O–H groups in total. The van der Waals surface area contributed by atoms with Gasteiger partial charge in [-0.2, -0.15) is 5.10 Å². The van der Waals surface area contributed by atoms with Crippen molar-refractivity contribution in [3.63, 3.8) is 0 Å². The van der Waals surface area contributed by atoms with Crippen molar-refractivity contribution in [2.45, 2.75) is 13.3 Å². The summed E-state index contributed by atoms with van der Waals surface area (Å²) in [6.45, 7) is 1.92. The molecule has 0 atom stereocenters. The number of nitrogens with two attached hydrogens (primary N) is 1. The Morgan fingerprint density at radius 3 is 2.87 bits per heavy atom. The van der Waals surface area contributed by atoms with Gasteiger partial charge in [0.05, 0.1) is 5.71 Å². The van der Waals surface area contributed by atoms with E-state index in [-0.39, 0.29) is 10.9 Å². The maximum atomic E-state index is 12.9. The van der Waals surface area contributed by atoms with Crippen molar-refractivity contribution in [2.75, 3.05) is 0 Å².